The molecule has 118 valence electrons. The van der Waals surface area contributed by atoms with Crippen molar-refractivity contribution in [1.82, 2.24) is 0 Å². The summed E-state index contributed by atoms with van der Waals surface area (Å²) in [5, 5.41) is 41.2. The molecule has 1 aromatic rings. The topological polar surface area (TPSA) is 119 Å². The van der Waals surface area contributed by atoms with E-state index in [1.807, 2.05) is 0 Å². The van der Waals surface area contributed by atoms with Crippen LogP contribution in [0.1, 0.15) is 6.92 Å². The third-order valence-electron chi connectivity index (χ3n) is 2.87. The van der Waals surface area contributed by atoms with E-state index in [2.05, 4.69) is 5.32 Å². The third kappa shape index (κ3) is 5.18. The molecule has 4 N–H and O–H groups in total. The minimum absolute atomic E-state index is 0.115. The third-order valence-corrected chi connectivity index (χ3v) is 2.87. The van der Waals surface area contributed by atoms with E-state index < -0.39 is 11.0 Å². The van der Waals surface area contributed by atoms with Crippen LogP contribution in [0.4, 0.5) is 17.1 Å². The van der Waals surface area contributed by atoms with E-state index in [-0.39, 0.29) is 38.5 Å². The predicted octanol–water partition coefficient (Wildman–Crippen LogP) is 0.178. The van der Waals surface area contributed by atoms with Crippen molar-refractivity contribution >= 4 is 17.1 Å². The van der Waals surface area contributed by atoms with Crippen molar-refractivity contribution in [3.05, 3.63) is 28.3 Å². The molecule has 21 heavy (non-hydrogen) atoms. The Morgan fingerprint density at radius 1 is 1.33 bits per heavy atom. The van der Waals surface area contributed by atoms with Gasteiger partial charge in [0.25, 0.3) is 5.69 Å². The average Bonchev–Trinajstić information content (AvgIpc) is 2.44. The van der Waals surface area contributed by atoms with Crippen LogP contribution in [-0.4, -0.2) is 59.2 Å². The summed E-state index contributed by atoms with van der Waals surface area (Å²) in [5.41, 5.74) is 0.749. The van der Waals surface area contributed by atoms with Crippen LogP contribution in [-0.2, 0) is 0 Å². The first-order valence-corrected chi connectivity index (χ1v) is 6.66. The lowest BCUT2D eigenvalue weighted by Gasteiger charge is -2.23. The van der Waals surface area contributed by atoms with Crippen molar-refractivity contribution < 1.29 is 20.2 Å². The molecule has 8 heteroatoms. The molecule has 0 aliphatic heterocycles. The Hall–Kier alpha value is -1.90. The molecular weight excluding hydrogens is 278 g/mol. The van der Waals surface area contributed by atoms with E-state index >= 15 is 0 Å². The summed E-state index contributed by atoms with van der Waals surface area (Å²) in [5.74, 6) is 0. The number of nitro benzene ring substituents is 1. The first-order chi connectivity index (χ1) is 9.99. The Bertz CT molecular complexity index is 461. The van der Waals surface area contributed by atoms with E-state index in [9.17, 15) is 15.2 Å². The van der Waals surface area contributed by atoms with Gasteiger partial charge >= 0.3 is 0 Å². The molecule has 0 saturated carbocycles. The summed E-state index contributed by atoms with van der Waals surface area (Å²) in [4.78, 5) is 12.3. The molecule has 0 aliphatic rings. The fourth-order valence-electron chi connectivity index (χ4n) is 1.89. The number of benzene rings is 1. The highest BCUT2D eigenvalue weighted by atomic mass is 16.6. The maximum absolute atomic E-state index is 11.1. The average molecular weight is 299 g/mol. The maximum Gasteiger partial charge on any atom is 0.294 e. The largest absolute Gasteiger partial charge is 0.395 e. The van der Waals surface area contributed by atoms with Gasteiger partial charge in [0.15, 0.2) is 0 Å². The standard InChI is InChI=1S/C13H21N3O5/c1-10(19)9-14-12-3-2-11(8-13(12)16(20)21)15(4-6-17)5-7-18/h2-3,8,10,14,17-19H,4-7,9H2,1H3. The van der Waals surface area contributed by atoms with Crippen LogP contribution in [0.3, 0.4) is 0 Å². The van der Waals surface area contributed by atoms with Crippen molar-refractivity contribution in [2.24, 2.45) is 0 Å². The van der Waals surface area contributed by atoms with Gasteiger partial charge < -0.3 is 25.5 Å². The van der Waals surface area contributed by atoms with Crippen LogP contribution >= 0.6 is 0 Å². The molecule has 8 nitrogen and oxygen atoms in total. The SMILES string of the molecule is CC(O)CNc1ccc(N(CCO)CCO)cc1[N+](=O)[O-]. The Morgan fingerprint density at radius 2 is 1.95 bits per heavy atom. The lowest BCUT2D eigenvalue weighted by Crippen LogP contribution is -2.29. The molecule has 0 aromatic heterocycles. The summed E-state index contributed by atoms with van der Waals surface area (Å²) in [6, 6.07) is 4.61. The Morgan fingerprint density at radius 3 is 2.43 bits per heavy atom. The zero-order valence-corrected chi connectivity index (χ0v) is 11.9. The molecule has 0 bridgehead atoms. The summed E-state index contributed by atoms with van der Waals surface area (Å²) in [6.45, 7) is 2.11. The van der Waals surface area contributed by atoms with Crippen molar-refractivity contribution in [2.75, 3.05) is 43.1 Å². The second-order valence-electron chi connectivity index (χ2n) is 4.62. The van der Waals surface area contributed by atoms with Gasteiger partial charge in [0, 0.05) is 31.4 Å². The fraction of sp³-hybridized carbons (Fsp3) is 0.538. The van der Waals surface area contributed by atoms with Gasteiger partial charge in [-0.2, -0.15) is 0 Å². The van der Waals surface area contributed by atoms with E-state index in [4.69, 9.17) is 10.2 Å². The number of nitrogens with one attached hydrogen (secondary N) is 1. The van der Waals surface area contributed by atoms with Gasteiger partial charge in [0.1, 0.15) is 5.69 Å². The van der Waals surface area contributed by atoms with Crippen LogP contribution in [0.15, 0.2) is 18.2 Å². The normalized spacial score (nSPS) is 12.0. The first kappa shape index (κ1) is 17.2. The van der Waals surface area contributed by atoms with Crippen LogP contribution in [0, 0.1) is 10.1 Å². The number of hydrogen-bond donors (Lipinski definition) is 4. The molecule has 1 atom stereocenters. The molecule has 1 aromatic carbocycles. The number of anilines is 2. The fourth-order valence-corrected chi connectivity index (χ4v) is 1.89. The summed E-state index contributed by atoms with van der Waals surface area (Å²) in [7, 11) is 0. The Kier molecular flexibility index (Phi) is 6.86. The molecule has 0 fully saturated rings. The quantitative estimate of drug-likeness (QED) is 0.379. The molecule has 0 amide bonds. The Labute approximate surface area is 122 Å². The Balaban J connectivity index is 3.03. The molecule has 0 radical (unpaired) electrons. The maximum atomic E-state index is 11.1. The van der Waals surface area contributed by atoms with Crippen molar-refractivity contribution in [1.29, 1.82) is 0 Å². The molecule has 0 saturated heterocycles. The molecule has 1 unspecified atom stereocenters. The van der Waals surface area contributed by atoms with Gasteiger partial charge in [-0.25, -0.2) is 0 Å². The minimum atomic E-state index is -0.621. The number of nitro groups is 1. The van der Waals surface area contributed by atoms with Gasteiger partial charge in [-0.05, 0) is 19.1 Å². The van der Waals surface area contributed by atoms with Crippen LogP contribution in [0.2, 0.25) is 0 Å². The number of aliphatic hydroxyl groups excluding tert-OH is 3. The van der Waals surface area contributed by atoms with Crippen LogP contribution in [0.5, 0.6) is 0 Å². The van der Waals surface area contributed by atoms with Gasteiger partial charge in [0.05, 0.1) is 24.2 Å². The molecule has 0 aliphatic carbocycles. The zero-order valence-electron chi connectivity index (χ0n) is 11.9. The van der Waals surface area contributed by atoms with Crippen molar-refractivity contribution in [2.45, 2.75) is 13.0 Å². The second-order valence-corrected chi connectivity index (χ2v) is 4.62. The minimum Gasteiger partial charge on any atom is -0.395 e. The number of rotatable bonds is 9. The zero-order chi connectivity index (χ0) is 15.8. The highest BCUT2D eigenvalue weighted by Crippen LogP contribution is 2.29. The van der Waals surface area contributed by atoms with E-state index in [1.165, 1.54) is 6.07 Å². The van der Waals surface area contributed by atoms with Crippen molar-refractivity contribution in [3.63, 3.8) is 0 Å². The van der Waals surface area contributed by atoms with Crippen molar-refractivity contribution in [3.8, 4) is 0 Å². The number of aliphatic hydroxyl groups is 3. The molecule has 1 rings (SSSR count). The van der Waals surface area contributed by atoms with E-state index in [1.54, 1.807) is 24.0 Å². The first-order valence-electron chi connectivity index (χ1n) is 6.66. The van der Waals surface area contributed by atoms with E-state index in [0.29, 0.717) is 11.4 Å². The lowest BCUT2D eigenvalue weighted by atomic mass is 10.2. The van der Waals surface area contributed by atoms with Gasteiger partial charge in [-0.15, -0.1) is 0 Å². The van der Waals surface area contributed by atoms with Gasteiger partial charge in [0.2, 0.25) is 0 Å². The highest BCUT2D eigenvalue weighted by Gasteiger charge is 2.17. The predicted molar refractivity (Wildman–Crippen MR) is 79.7 cm³/mol. The lowest BCUT2D eigenvalue weighted by molar-refractivity contribution is -0.383. The smallest absolute Gasteiger partial charge is 0.294 e. The van der Waals surface area contributed by atoms with Gasteiger partial charge in [-0.3, -0.25) is 10.1 Å². The molecule has 0 heterocycles. The molecular formula is C13H21N3O5. The molecule has 0 spiro atoms. The second kappa shape index (κ2) is 8.40. The van der Waals surface area contributed by atoms with Crippen LogP contribution in [0.25, 0.3) is 0 Å². The monoisotopic (exact) mass is 299 g/mol. The number of hydrogen-bond acceptors (Lipinski definition) is 7. The summed E-state index contributed by atoms with van der Waals surface area (Å²) >= 11 is 0. The summed E-state index contributed by atoms with van der Waals surface area (Å²) in [6.07, 6.45) is -0.621. The highest BCUT2D eigenvalue weighted by molar-refractivity contribution is 5.68. The van der Waals surface area contributed by atoms with Gasteiger partial charge in [-0.1, -0.05) is 0 Å². The summed E-state index contributed by atoms with van der Waals surface area (Å²) < 4.78 is 0. The van der Waals surface area contributed by atoms with Crippen LogP contribution < -0.4 is 10.2 Å². The number of nitrogens with zero attached hydrogens (tertiary/aromatic N) is 2. The van der Waals surface area contributed by atoms with E-state index in [0.717, 1.165) is 0 Å².